The number of hydrogen-bond acceptors (Lipinski definition) is 3. The van der Waals surface area contributed by atoms with E-state index in [1.807, 2.05) is 6.07 Å². The predicted molar refractivity (Wildman–Crippen MR) is 58.1 cm³/mol. The fraction of sp³-hybridized carbons (Fsp3) is 0.818. The van der Waals surface area contributed by atoms with Gasteiger partial charge in [-0.05, 0) is 33.4 Å². The summed E-state index contributed by atoms with van der Waals surface area (Å²) in [7, 11) is 5.90. The standard InChI is InChI=1S/C11H19N3O/c1-13(2)11(6-4-7-11)9-14(3)10(15)5-8-12/h4-7,9H2,1-3H3. The average molecular weight is 209 g/mol. The zero-order valence-electron chi connectivity index (χ0n) is 9.79. The van der Waals surface area contributed by atoms with Crippen molar-refractivity contribution < 1.29 is 4.79 Å². The quantitative estimate of drug-likeness (QED) is 0.689. The van der Waals surface area contributed by atoms with Crippen molar-refractivity contribution in [3.05, 3.63) is 0 Å². The fourth-order valence-electron chi connectivity index (χ4n) is 2.06. The first kappa shape index (κ1) is 12.0. The van der Waals surface area contributed by atoms with Gasteiger partial charge in [-0.25, -0.2) is 0 Å². The van der Waals surface area contributed by atoms with Gasteiger partial charge in [-0.15, -0.1) is 0 Å². The van der Waals surface area contributed by atoms with Gasteiger partial charge in [-0.3, -0.25) is 4.79 Å². The van der Waals surface area contributed by atoms with Crippen molar-refractivity contribution in [2.75, 3.05) is 27.7 Å². The van der Waals surface area contributed by atoms with Crippen LogP contribution in [0.1, 0.15) is 25.7 Å². The van der Waals surface area contributed by atoms with E-state index in [2.05, 4.69) is 19.0 Å². The van der Waals surface area contributed by atoms with Crippen molar-refractivity contribution in [3.63, 3.8) is 0 Å². The molecule has 1 amide bonds. The third kappa shape index (κ3) is 2.48. The van der Waals surface area contributed by atoms with Gasteiger partial charge in [0.2, 0.25) is 5.91 Å². The van der Waals surface area contributed by atoms with Gasteiger partial charge in [-0.2, -0.15) is 5.26 Å². The number of likely N-dealkylation sites (N-methyl/N-ethyl adjacent to an activating group) is 2. The number of carbonyl (C=O) groups is 1. The molecule has 0 bridgehead atoms. The Bertz CT molecular complexity index is 276. The van der Waals surface area contributed by atoms with E-state index >= 15 is 0 Å². The molecule has 0 unspecified atom stereocenters. The van der Waals surface area contributed by atoms with Crippen molar-refractivity contribution in [1.82, 2.24) is 9.80 Å². The lowest BCUT2D eigenvalue weighted by Gasteiger charge is -2.49. The van der Waals surface area contributed by atoms with Crippen LogP contribution < -0.4 is 0 Å². The highest BCUT2D eigenvalue weighted by Gasteiger charge is 2.40. The lowest BCUT2D eigenvalue weighted by Crippen LogP contribution is -2.57. The molecule has 1 rings (SSSR count). The topological polar surface area (TPSA) is 47.3 Å². The number of amides is 1. The Hall–Kier alpha value is -1.08. The molecule has 0 heterocycles. The first-order valence-corrected chi connectivity index (χ1v) is 5.30. The summed E-state index contributed by atoms with van der Waals surface area (Å²) < 4.78 is 0. The fourth-order valence-corrected chi connectivity index (χ4v) is 2.06. The van der Waals surface area contributed by atoms with Crippen LogP contribution in [0.5, 0.6) is 0 Å². The van der Waals surface area contributed by atoms with Crippen LogP contribution in [0.2, 0.25) is 0 Å². The van der Waals surface area contributed by atoms with Gasteiger partial charge in [0.15, 0.2) is 0 Å². The monoisotopic (exact) mass is 209 g/mol. The number of carbonyl (C=O) groups excluding carboxylic acids is 1. The maximum atomic E-state index is 11.5. The normalized spacial score (nSPS) is 18.1. The zero-order chi connectivity index (χ0) is 11.5. The Kier molecular flexibility index (Phi) is 3.70. The minimum Gasteiger partial charge on any atom is -0.343 e. The molecular formula is C11H19N3O. The molecule has 0 aliphatic heterocycles. The van der Waals surface area contributed by atoms with Crippen LogP contribution in [0.3, 0.4) is 0 Å². The molecule has 0 radical (unpaired) electrons. The highest BCUT2D eigenvalue weighted by molar-refractivity contribution is 5.78. The second-order valence-corrected chi connectivity index (χ2v) is 4.56. The molecule has 1 saturated carbocycles. The van der Waals surface area contributed by atoms with Crippen LogP contribution in [-0.4, -0.2) is 48.9 Å². The summed E-state index contributed by atoms with van der Waals surface area (Å²) in [6.45, 7) is 0.737. The van der Waals surface area contributed by atoms with Gasteiger partial charge < -0.3 is 9.80 Å². The summed E-state index contributed by atoms with van der Waals surface area (Å²) in [5.41, 5.74) is 0.153. The van der Waals surface area contributed by atoms with Crippen LogP contribution in [0, 0.1) is 11.3 Å². The SMILES string of the molecule is CN(CC1(N(C)C)CCC1)C(=O)CC#N. The third-order valence-corrected chi connectivity index (χ3v) is 3.42. The maximum Gasteiger partial charge on any atom is 0.236 e. The van der Waals surface area contributed by atoms with E-state index in [-0.39, 0.29) is 17.9 Å². The number of nitrogens with zero attached hydrogens (tertiary/aromatic N) is 3. The second kappa shape index (κ2) is 4.63. The Balaban J connectivity index is 2.53. The summed E-state index contributed by atoms with van der Waals surface area (Å²) in [5.74, 6) is -0.0781. The Morgan fingerprint density at radius 3 is 2.33 bits per heavy atom. The molecule has 4 nitrogen and oxygen atoms in total. The van der Waals surface area contributed by atoms with Crippen LogP contribution in [0.4, 0.5) is 0 Å². The molecular weight excluding hydrogens is 190 g/mol. The van der Waals surface area contributed by atoms with Crippen molar-refractivity contribution in [1.29, 1.82) is 5.26 Å². The lowest BCUT2D eigenvalue weighted by atomic mass is 9.75. The van der Waals surface area contributed by atoms with Crippen LogP contribution in [-0.2, 0) is 4.79 Å². The van der Waals surface area contributed by atoms with Crippen LogP contribution >= 0.6 is 0 Å². The van der Waals surface area contributed by atoms with Crippen LogP contribution in [0.15, 0.2) is 0 Å². The zero-order valence-corrected chi connectivity index (χ0v) is 9.79. The Morgan fingerprint density at radius 1 is 1.40 bits per heavy atom. The van der Waals surface area contributed by atoms with Gasteiger partial charge in [0.1, 0.15) is 6.42 Å². The summed E-state index contributed by atoms with van der Waals surface area (Å²) in [4.78, 5) is 15.4. The average Bonchev–Trinajstić information content (AvgIpc) is 2.10. The molecule has 0 spiro atoms. The van der Waals surface area contributed by atoms with Crippen molar-refractivity contribution in [3.8, 4) is 6.07 Å². The van der Waals surface area contributed by atoms with E-state index in [0.29, 0.717) is 0 Å². The third-order valence-electron chi connectivity index (χ3n) is 3.42. The predicted octanol–water partition coefficient (Wildman–Crippen LogP) is 0.843. The van der Waals surface area contributed by atoms with E-state index in [1.165, 1.54) is 6.42 Å². The number of nitriles is 1. The molecule has 0 aromatic carbocycles. The van der Waals surface area contributed by atoms with E-state index < -0.39 is 0 Å². The minimum atomic E-state index is -0.0781. The van der Waals surface area contributed by atoms with E-state index in [1.54, 1.807) is 11.9 Å². The Labute approximate surface area is 91.5 Å². The largest absolute Gasteiger partial charge is 0.343 e. The summed E-state index contributed by atoms with van der Waals surface area (Å²) >= 11 is 0. The number of rotatable bonds is 4. The molecule has 4 heteroatoms. The molecule has 0 N–H and O–H groups in total. The van der Waals surface area contributed by atoms with Gasteiger partial charge in [0.05, 0.1) is 6.07 Å². The van der Waals surface area contributed by atoms with E-state index in [9.17, 15) is 4.79 Å². The number of hydrogen-bond donors (Lipinski definition) is 0. The van der Waals surface area contributed by atoms with E-state index in [4.69, 9.17) is 5.26 Å². The van der Waals surface area contributed by atoms with Crippen molar-refractivity contribution >= 4 is 5.91 Å². The highest BCUT2D eigenvalue weighted by atomic mass is 16.2. The van der Waals surface area contributed by atoms with Gasteiger partial charge in [-0.1, -0.05) is 0 Å². The molecule has 0 saturated heterocycles. The molecule has 1 aliphatic carbocycles. The molecule has 1 aliphatic rings. The maximum absolute atomic E-state index is 11.5. The Morgan fingerprint density at radius 2 is 2.00 bits per heavy atom. The molecule has 0 aromatic heterocycles. The molecule has 15 heavy (non-hydrogen) atoms. The first-order valence-electron chi connectivity index (χ1n) is 5.30. The van der Waals surface area contributed by atoms with Crippen molar-refractivity contribution in [2.24, 2.45) is 0 Å². The lowest BCUT2D eigenvalue weighted by molar-refractivity contribution is -0.131. The van der Waals surface area contributed by atoms with E-state index in [0.717, 1.165) is 19.4 Å². The smallest absolute Gasteiger partial charge is 0.236 e. The second-order valence-electron chi connectivity index (χ2n) is 4.56. The molecule has 1 fully saturated rings. The molecule has 0 atom stereocenters. The summed E-state index contributed by atoms with van der Waals surface area (Å²) in [6.07, 6.45) is 3.51. The van der Waals surface area contributed by atoms with Gasteiger partial charge >= 0.3 is 0 Å². The minimum absolute atomic E-state index is 0.0139. The molecule has 0 aromatic rings. The summed E-state index contributed by atoms with van der Waals surface area (Å²) in [6, 6.07) is 1.89. The first-order chi connectivity index (χ1) is 7.02. The van der Waals surface area contributed by atoms with Gasteiger partial charge in [0.25, 0.3) is 0 Å². The van der Waals surface area contributed by atoms with Crippen molar-refractivity contribution in [2.45, 2.75) is 31.2 Å². The van der Waals surface area contributed by atoms with Crippen LogP contribution in [0.25, 0.3) is 0 Å². The highest BCUT2D eigenvalue weighted by Crippen LogP contribution is 2.36. The van der Waals surface area contributed by atoms with Gasteiger partial charge in [0, 0.05) is 19.1 Å². The summed E-state index contributed by atoms with van der Waals surface area (Å²) in [5, 5.41) is 8.46. The molecule has 84 valence electrons.